The molecule has 0 aliphatic carbocycles. The topological polar surface area (TPSA) is 42.9 Å². The van der Waals surface area contributed by atoms with Gasteiger partial charge in [-0.2, -0.15) is 0 Å². The molecule has 1 saturated heterocycles. The maximum atomic E-state index is 6.18. The van der Waals surface area contributed by atoms with Gasteiger partial charge in [0, 0.05) is 44.8 Å². The van der Waals surface area contributed by atoms with Gasteiger partial charge in [0.2, 0.25) is 0 Å². The molecule has 1 aliphatic rings. The molecule has 2 rings (SSSR count). The molecule has 0 spiro atoms. The average molecular weight is 480 g/mol. The number of rotatable bonds is 6. The summed E-state index contributed by atoms with van der Waals surface area (Å²) in [5.74, 6) is 0.856. The second-order valence-corrected chi connectivity index (χ2v) is 6.67. The van der Waals surface area contributed by atoms with Crippen molar-refractivity contribution in [3.63, 3.8) is 0 Å². The Kier molecular flexibility index (Phi) is 11.4. The third kappa shape index (κ3) is 8.57. The first kappa shape index (κ1) is 22.5. The second kappa shape index (κ2) is 12.7. The van der Waals surface area contributed by atoms with E-state index in [0.29, 0.717) is 0 Å². The monoisotopic (exact) mass is 479 g/mol. The summed E-state index contributed by atoms with van der Waals surface area (Å²) >= 11 is 6.18. The van der Waals surface area contributed by atoms with Gasteiger partial charge in [0.15, 0.2) is 5.96 Å². The Balaban J connectivity index is 0.00000312. The fourth-order valence-corrected chi connectivity index (χ4v) is 3.12. The molecule has 1 fully saturated rings. The van der Waals surface area contributed by atoms with E-state index < -0.39 is 0 Å². The average Bonchev–Trinajstić information content (AvgIpc) is 2.79. The number of nitrogens with one attached hydrogen (secondary N) is 2. The molecule has 5 nitrogen and oxygen atoms in total. The zero-order valence-electron chi connectivity index (χ0n) is 15.3. The molecule has 7 heteroatoms. The lowest BCUT2D eigenvalue weighted by Gasteiger charge is -2.21. The van der Waals surface area contributed by atoms with E-state index in [9.17, 15) is 0 Å². The molecule has 1 heterocycles. The molecular weight excluding hydrogens is 449 g/mol. The number of hydrogen-bond acceptors (Lipinski definition) is 3. The third-order valence-electron chi connectivity index (χ3n) is 4.40. The minimum absolute atomic E-state index is 0. The number of aliphatic imine (C=N–C) groups is 1. The Bertz CT molecular complexity index is 526. The highest BCUT2D eigenvalue weighted by Crippen LogP contribution is 2.14. The van der Waals surface area contributed by atoms with Crippen LogP contribution in [0.4, 0.5) is 0 Å². The van der Waals surface area contributed by atoms with E-state index >= 15 is 0 Å². The summed E-state index contributed by atoms with van der Waals surface area (Å²) in [6.45, 7) is 7.48. The molecule has 25 heavy (non-hydrogen) atoms. The van der Waals surface area contributed by atoms with Crippen molar-refractivity contribution < 1.29 is 0 Å². The maximum absolute atomic E-state index is 6.18. The van der Waals surface area contributed by atoms with E-state index in [1.807, 2.05) is 25.2 Å². The molecule has 0 aromatic heterocycles. The summed E-state index contributed by atoms with van der Waals surface area (Å²) in [5.41, 5.74) is 1.16. The number of benzene rings is 1. The molecule has 0 saturated carbocycles. The van der Waals surface area contributed by atoms with Gasteiger partial charge in [-0.25, -0.2) is 0 Å². The van der Waals surface area contributed by atoms with E-state index in [1.165, 1.54) is 19.5 Å². The van der Waals surface area contributed by atoms with Gasteiger partial charge in [-0.15, -0.1) is 24.0 Å². The van der Waals surface area contributed by atoms with Crippen molar-refractivity contribution in [3.8, 4) is 0 Å². The van der Waals surface area contributed by atoms with E-state index in [0.717, 1.165) is 55.7 Å². The number of likely N-dealkylation sites (N-methyl/N-ethyl adjacent to an activating group) is 1. The van der Waals surface area contributed by atoms with E-state index in [-0.39, 0.29) is 24.0 Å². The molecule has 1 aromatic rings. The Labute approximate surface area is 174 Å². The van der Waals surface area contributed by atoms with Crippen molar-refractivity contribution in [1.82, 2.24) is 20.4 Å². The first-order chi connectivity index (χ1) is 11.7. The van der Waals surface area contributed by atoms with E-state index in [2.05, 4.69) is 38.5 Å². The van der Waals surface area contributed by atoms with Crippen molar-refractivity contribution in [1.29, 1.82) is 0 Å². The molecule has 0 bridgehead atoms. The molecular formula is C18H31ClIN5. The quantitative estimate of drug-likeness (QED) is 0.373. The Morgan fingerprint density at radius 1 is 1.12 bits per heavy atom. The molecule has 0 amide bonds. The summed E-state index contributed by atoms with van der Waals surface area (Å²) in [7, 11) is 4.01. The minimum atomic E-state index is 0. The fourth-order valence-electron chi connectivity index (χ4n) is 2.89. The van der Waals surface area contributed by atoms with Crippen LogP contribution in [0.2, 0.25) is 5.02 Å². The highest BCUT2D eigenvalue weighted by Gasteiger charge is 2.11. The molecule has 0 radical (unpaired) electrons. The maximum Gasteiger partial charge on any atom is 0.191 e. The lowest BCUT2D eigenvalue weighted by Crippen LogP contribution is -2.42. The first-order valence-electron chi connectivity index (χ1n) is 8.78. The molecule has 2 N–H and O–H groups in total. The standard InChI is InChI=1S/C18H30ClN5.HI/c1-20-18(21-9-8-16-6-3-4-7-17(16)19)22-10-13-24-12-5-11-23(2)14-15-24;/h3-4,6-7H,5,8-15H2,1-2H3,(H2,20,21,22);1H. The molecule has 142 valence electrons. The van der Waals surface area contributed by atoms with Crippen LogP contribution in [0.25, 0.3) is 0 Å². The van der Waals surface area contributed by atoms with Crippen LogP contribution in [0.15, 0.2) is 29.3 Å². The van der Waals surface area contributed by atoms with Gasteiger partial charge >= 0.3 is 0 Å². The lowest BCUT2D eigenvalue weighted by atomic mass is 10.1. The van der Waals surface area contributed by atoms with Crippen LogP contribution < -0.4 is 10.6 Å². The van der Waals surface area contributed by atoms with Gasteiger partial charge in [0.05, 0.1) is 0 Å². The summed E-state index contributed by atoms with van der Waals surface area (Å²) in [6.07, 6.45) is 2.14. The molecule has 0 unspecified atom stereocenters. The number of halogens is 2. The van der Waals surface area contributed by atoms with Crippen LogP contribution in [0.3, 0.4) is 0 Å². The van der Waals surface area contributed by atoms with Gasteiger partial charge in [-0.05, 0) is 44.6 Å². The predicted molar refractivity (Wildman–Crippen MR) is 118 cm³/mol. The highest BCUT2D eigenvalue weighted by molar-refractivity contribution is 14.0. The third-order valence-corrected chi connectivity index (χ3v) is 4.77. The second-order valence-electron chi connectivity index (χ2n) is 6.27. The summed E-state index contributed by atoms with van der Waals surface area (Å²) in [4.78, 5) is 9.22. The van der Waals surface area contributed by atoms with Crippen molar-refractivity contribution in [2.24, 2.45) is 4.99 Å². The Hall–Kier alpha value is -0.570. The van der Waals surface area contributed by atoms with Gasteiger partial charge in [-0.3, -0.25) is 4.99 Å². The summed E-state index contributed by atoms with van der Waals surface area (Å²) < 4.78 is 0. The van der Waals surface area contributed by atoms with Gasteiger partial charge < -0.3 is 20.4 Å². The largest absolute Gasteiger partial charge is 0.356 e. The van der Waals surface area contributed by atoms with E-state index in [1.54, 1.807) is 0 Å². The van der Waals surface area contributed by atoms with Crippen LogP contribution >= 0.6 is 35.6 Å². The van der Waals surface area contributed by atoms with Crippen molar-refractivity contribution in [2.45, 2.75) is 12.8 Å². The summed E-state index contributed by atoms with van der Waals surface area (Å²) in [6, 6.07) is 7.98. The smallest absolute Gasteiger partial charge is 0.191 e. The zero-order chi connectivity index (χ0) is 17.2. The molecule has 1 aromatic carbocycles. The summed E-state index contributed by atoms with van der Waals surface area (Å²) in [5, 5.41) is 7.58. The number of hydrogen-bond donors (Lipinski definition) is 2. The number of nitrogens with zero attached hydrogens (tertiary/aromatic N) is 3. The Morgan fingerprint density at radius 2 is 1.88 bits per heavy atom. The normalized spacial score (nSPS) is 16.8. The van der Waals surface area contributed by atoms with Crippen molar-refractivity contribution in [2.75, 3.05) is 59.9 Å². The Morgan fingerprint density at radius 3 is 2.64 bits per heavy atom. The first-order valence-corrected chi connectivity index (χ1v) is 9.15. The predicted octanol–water partition coefficient (Wildman–Crippen LogP) is 2.30. The lowest BCUT2D eigenvalue weighted by molar-refractivity contribution is 0.280. The van der Waals surface area contributed by atoms with Crippen LogP contribution in [-0.4, -0.2) is 75.7 Å². The van der Waals surface area contributed by atoms with Crippen LogP contribution in [-0.2, 0) is 6.42 Å². The van der Waals surface area contributed by atoms with Crippen molar-refractivity contribution >= 4 is 41.5 Å². The zero-order valence-corrected chi connectivity index (χ0v) is 18.4. The van der Waals surface area contributed by atoms with Gasteiger partial charge in [0.1, 0.15) is 0 Å². The van der Waals surface area contributed by atoms with Crippen LogP contribution in [0, 0.1) is 0 Å². The number of guanidine groups is 1. The SMILES string of the molecule is CN=C(NCCc1ccccc1Cl)NCCN1CCCN(C)CC1.I. The minimum Gasteiger partial charge on any atom is -0.356 e. The van der Waals surface area contributed by atoms with Crippen LogP contribution in [0.1, 0.15) is 12.0 Å². The van der Waals surface area contributed by atoms with Crippen molar-refractivity contribution in [3.05, 3.63) is 34.9 Å². The van der Waals surface area contributed by atoms with Gasteiger partial charge in [0.25, 0.3) is 0 Å². The van der Waals surface area contributed by atoms with E-state index in [4.69, 9.17) is 11.6 Å². The molecule has 0 atom stereocenters. The van der Waals surface area contributed by atoms with Gasteiger partial charge in [-0.1, -0.05) is 29.8 Å². The fraction of sp³-hybridized carbons (Fsp3) is 0.611. The molecule has 1 aliphatic heterocycles. The highest BCUT2D eigenvalue weighted by atomic mass is 127. The van der Waals surface area contributed by atoms with Crippen LogP contribution in [0.5, 0.6) is 0 Å².